The normalized spacial score (nSPS) is 10.2. The lowest BCUT2D eigenvalue weighted by atomic mass is 10.3. The predicted molar refractivity (Wildman–Crippen MR) is 76.7 cm³/mol. The molecule has 6 nitrogen and oxygen atoms in total. The topological polar surface area (TPSA) is 74.5 Å². The highest BCUT2D eigenvalue weighted by Crippen LogP contribution is 2.35. The van der Waals surface area contributed by atoms with Crippen molar-refractivity contribution in [1.29, 1.82) is 0 Å². The van der Waals surface area contributed by atoms with Crippen LogP contribution >= 0.6 is 27.5 Å². The van der Waals surface area contributed by atoms with E-state index >= 15 is 0 Å². The minimum absolute atomic E-state index is 0.0573. The molecule has 1 aromatic heterocycles. The summed E-state index contributed by atoms with van der Waals surface area (Å²) >= 11 is 9.23. The van der Waals surface area contributed by atoms with Gasteiger partial charge in [-0.2, -0.15) is 0 Å². The van der Waals surface area contributed by atoms with Crippen molar-refractivity contribution < 1.29 is 14.4 Å². The van der Waals surface area contributed by atoms with Crippen LogP contribution in [0.3, 0.4) is 0 Å². The number of hydrogen-bond donors (Lipinski definition) is 0. The number of rotatable bonds is 4. The summed E-state index contributed by atoms with van der Waals surface area (Å²) in [5.74, 6) is 1.21. The summed E-state index contributed by atoms with van der Waals surface area (Å²) in [6.07, 6.45) is 1.08. The van der Waals surface area contributed by atoms with E-state index in [2.05, 4.69) is 20.9 Å². The summed E-state index contributed by atoms with van der Waals surface area (Å²) in [5, 5.41) is 10.6. The van der Waals surface area contributed by atoms with Crippen LogP contribution in [0.5, 0.6) is 17.4 Å². The van der Waals surface area contributed by atoms with Crippen molar-refractivity contribution in [1.82, 2.24) is 4.98 Å². The van der Waals surface area contributed by atoms with Gasteiger partial charge in [0.05, 0.1) is 16.5 Å². The Morgan fingerprint density at radius 2 is 2.15 bits per heavy atom. The maximum atomic E-state index is 10.6. The summed E-state index contributed by atoms with van der Waals surface area (Å²) in [4.78, 5) is 13.8. The average Bonchev–Trinajstić information content (AvgIpc) is 2.42. The van der Waals surface area contributed by atoms with Crippen molar-refractivity contribution in [2.24, 2.45) is 0 Å². The zero-order valence-corrected chi connectivity index (χ0v) is 12.5. The molecule has 0 unspecified atom stereocenters. The molecule has 0 bridgehead atoms. The van der Waals surface area contributed by atoms with E-state index in [1.165, 1.54) is 6.07 Å². The van der Waals surface area contributed by atoms with Gasteiger partial charge in [0.15, 0.2) is 0 Å². The summed E-state index contributed by atoms with van der Waals surface area (Å²) in [6.45, 7) is 0. The van der Waals surface area contributed by atoms with Gasteiger partial charge in [-0.3, -0.25) is 10.1 Å². The first-order valence-corrected chi connectivity index (χ1v) is 6.49. The third-order valence-corrected chi connectivity index (χ3v) is 3.24. The molecule has 2 aromatic rings. The second-order valence-corrected chi connectivity index (χ2v) is 4.90. The molecule has 104 valence electrons. The predicted octanol–water partition coefficient (Wildman–Crippen LogP) is 4.21. The molecule has 0 radical (unpaired) electrons. The smallest absolute Gasteiger partial charge is 0.289 e. The fourth-order valence-corrected chi connectivity index (χ4v) is 2.02. The third-order valence-electron chi connectivity index (χ3n) is 2.35. The van der Waals surface area contributed by atoms with Crippen LogP contribution in [0.4, 0.5) is 5.69 Å². The maximum Gasteiger partial charge on any atom is 0.289 e. The minimum Gasteiger partial charge on any atom is -0.497 e. The molecule has 0 amide bonds. The van der Waals surface area contributed by atoms with Crippen molar-refractivity contribution in [3.05, 3.63) is 50.1 Å². The number of aromatic nitrogens is 1. The van der Waals surface area contributed by atoms with Gasteiger partial charge in [-0.05, 0) is 34.1 Å². The van der Waals surface area contributed by atoms with Gasteiger partial charge >= 0.3 is 0 Å². The van der Waals surface area contributed by atoms with Crippen LogP contribution in [0.1, 0.15) is 0 Å². The molecule has 0 saturated heterocycles. The Morgan fingerprint density at radius 1 is 1.40 bits per heavy atom. The lowest BCUT2D eigenvalue weighted by Gasteiger charge is -2.09. The fourth-order valence-electron chi connectivity index (χ4n) is 1.39. The molecule has 0 N–H and O–H groups in total. The molecule has 0 aliphatic heterocycles. The number of benzene rings is 1. The summed E-state index contributed by atoms with van der Waals surface area (Å²) in [5.41, 5.74) is -0.198. The van der Waals surface area contributed by atoms with Gasteiger partial charge in [-0.1, -0.05) is 11.6 Å². The SMILES string of the molecule is COc1ccc(Oc2ncc([N+](=O)[O-])cc2Cl)c(Br)c1. The molecule has 0 aliphatic carbocycles. The van der Waals surface area contributed by atoms with Crippen LogP contribution in [0.15, 0.2) is 34.9 Å². The Hall–Kier alpha value is -1.86. The molecule has 0 atom stereocenters. The molecule has 20 heavy (non-hydrogen) atoms. The quantitative estimate of drug-likeness (QED) is 0.604. The number of nitro groups is 1. The Kier molecular flexibility index (Phi) is 4.41. The third kappa shape index (κ3) is 3.17. The van der Waals surface area contributed by atoms with Crippen LogP contribution in [-0.4, -0.2) is 17.0 Å². The monoisotopic (exact) mass is 358 g/mol. The van der Waals surface area contributed by atoms with Crippen molar-refractivity contribution in [3.63, 3.8) is 0 Å². The second kappa shape index (κ2) is 6.06. The van der Waals surface area contributed by atoms with Gasteiger partial charge in [-0.25, -0.2) is 4.98 Å². The zero-order chi connectivity index (χ0) is 14.7. The zero-order valence-electron chi connectivity index (χ0n) is 10.2. The van der Waals surface area contributed by atoms with Gasteiger partial charge in [0.2, 0.25) is 5.88 Å². The van der Waals surface area contributed by atoms with E-state index in [1.54, 1.807) is 25.3 Å². The molecule has 0 spiro atoms. The molecule has 0 fully saturated rings. The number of halogens is 2. The van der Waals surface area contributed by atoms with E-state index in [9.17, 15) is 10.1 Å². The van der Waals surface area contributed by atoms with Gasteiger partial charge in [-0.15, -0.1) is 0 Å². The van der Waals surface area contributed by atoms with Crippen LogP contribution in [0, 0.1) is 10.1 Å². The lowest BCUT2D eigenvalue weighted by Crippen LogP contribution is -1.94. The Labute approximate surface area is 127 Å². The molecule has 2 rings (SSSR count). The van der Waals surface area contributed by atoms with Crippen molar-refractivity contribution in [2.75, 3.05) is 7.11 Å². The minimum atomic E-state index is -0.577. The Morgan fingerprint density at radius 3 is 2.70 bits per heavy atom. The van der Waals surface area contributed by atoms with E-state index in [4.69, 9.17) is 21.1 Å². The van der Waals surface area contributed by atoms with Crippen LogP contribution in [-0.2, 0) is 0 Å². The van der Waals surface area contributed by atoms with Gasteiger partial charge in [0.25, 0.3) is 5.69 Å². The van der Waals surface area contributed by atoms with Crippen LogP contribution in [0.2, 0.25) is 5.02 Å². The van der Waals surface area contributed by atoms with Crippen molar-refractivity contribution in [3.8, 4) is 17.4 Å². The summed E-state index contributed by atoms with van der Waals surface area (Å²) in [7, 11) is 1.55. The molecular weight excluding hydrogens is 351 g/mol. The standard InChI is InChI=1S/C12H8BrClN2O4/c1-19-8-2-3-11(9(13)5-8)20-12-10(14)4-7(6-15-12)16(17)18/h2-6H,1H3. The summed E-state index contributed by atoms with van der Waals surface area (Å²) in [6, 6.07) is 6.28. The van der Waals surface area contributed by atoms with Gasteiger partial charge in [0, 0.05) is 6.07 Å². The highest BCUT2D eigenvalue weighted by Gasteiger charge is 2.13. The molecular formula is C12H8BrClN2O4. The van der Waals surface area contributed by atoms with Gasteiger partial charge in [0.1, 0.15) is 22.7 Å². The molecule has 0 aliphatic rings. The number of pyridine rings is 1. The largest absolute Gasteiger partial charge is 0.497 e. The van der Waals surface area contributed by atoms with E-state index in [1.807, 2.05) is 0 Å². The first kappa shape index (κ1) is 14.5. The molecule has 8 heteroatoms. The average molecular weight is 360 g/mol. The molecule has 1 aromatic carbocycles. The number of nitrogens with zero attached hydrogens (tertiary/aromatic N) is 2. The highest BCUT2D eigenvalue weighted by atomic mass is 79.9. The molecule has 0 saturated carbocycles. The van der Waals surface area contributed by atoms with Crippen molar-refractivity contribution in [2.45, 2.75) is 0 Å². The van der Waals surface area contributed by atoms with E-state index in [-0.39, 0.29) is 16.6 Å². The lowest BCUT2D eigenvalue weighted by molar-refractivity contribution is -0.385. The summed E-state index contributed by atoms with van der Waals surface area (Å²) < 4.78 is 11.2. The first-order valence-electron chi connectivity index (χ1n) is 5.32. The Balaban J connectivity index is 2.28. The number of ether oxygens (including phenoxy) is 2. The number of methoxy groups -OCH3 is 1. The van der Waals surface area contributed by atoms with E-state index < -0.39 is 4.92 Å². The van der Waals surface area contributed by atoms with Gasteiger partial charge < -0.3 is 9.47 Å². The van der Waals surface area contributed by atoms with Crippen LogP contribution in [0.25, 0.3) is 0 Å². The first-order chi connectivity index (χ1) is 9.51. The van der Waals surface area contributed by atoms with E-state index in [0.717, 1.165) is 6.20 Å². The second-order valence-electron chi connectivity index (χ2n) is 3.64. The fraction of sp³-hybridized carbons (Fsp3) is 0.0833. The Bertz CT molecular complexity index is 666. The highest BCUT2D eigenvalue weighted by molar-refractivity contribution is 9.10. The van der Waals surface area contributed by atoms with Crippen molar-refractivity contribution >= 4 is 33.2 Å². The maximum absolute atomic E-state index is 10.6. The number of hydrogen-bond acceptors (Lipinski definition) is 5. The van der Waals surface area contributed by atoms with E-state index in [0.29, 0.717) is 16.0 Å². The van der Waals surface area contributed by atoms with Crippen LogP contribution < -0.4 is 9.47 Å². The molecule has 1 heterocycles.